The van der Waals surface area contributed by atoms with E-state index in [1.807, 2.05) is 6.20 Å². The fourth-order valence-electron chi connectivity index (χ4n) is 5.74. The smallest absolute Gasteiger partial charge is 0.232 e. The second-order valence-corrected chi connectivity index (χ2v) is 9.13. The molecule has 1 aliphatic carbocycles. The van der Waals surface area contributed by atoms with Gasteiger partial charge in [0.15, 0.2) is 0 Å². The Kier molecular flexibility index (Phi) is 5.26. The SMILES string of the molecule is Cc1nccn1[C@H]1C[C@H]2CN(C3CCN(C)CC3)C[C@H]2C[C@@H]1Oc1cnccn1. The molecule has 2 aliphatic heterocycles. The zero-order valence-electron chi connectivity index (χ0n) is 17.5. The van der Waals surface area contributed by atoms with Gasteiger partial charge in [-0.2, -0.15) is 0 Å². The van der Waals surface area contributed by atoms with Gasteiger partial charge in [0, 0.05) is 43.9 Å². The molecule has 156 valence electrons. The molecule has 4 heterocycles. The average molecular weight is 397 g/mol. The highest BCUT2D eigenvalue weighted by Gasteiger charge is 2.45. The van der Waals surface area contributed by atoms with Crippen LogP contribution in [-0.4, -0.2) is 74.7 Å². The van der Waals surface area contributed by atoms with Crippen LogP contribution in [0.15, 0.2) is 31.0 Å². The fraction of sp³-hybridized carbons (Fsp3) is 0.682. The van der Waals surface area contributed by atoms with E-state index in [1.165, 1.54) is 39.0 Å². The van der Waals surface area contributed by atoms with E-state index in [0.29, 0.717) is 17.8 Å². The predicted octanol–water partition coefficient (Wildman–Crippen LogP) is 2.41. The minimum Gasteiger partial charge on any atom is -0.471 e. The summed E-state index contributed by atoms with van der Waals surface area (Å²) in [5, 5.41) is 0. The molecule has 0 spiro atoms. The molecule has 3 fully saturated rings. The van der Waals surface area contributed by atoms with Gasteiger partial charge in [0.1, 0.15) is 11.9 Å². The molecule has 0 aromatic carbocycles. The monoisotopic (exact) mass is 396 g/mol. The fourth-order valence-corrected chi connectivity index (χ4v) is 5.74. The third-order valence-electron chi connectivity index (χ3n) is 7.35. The van der Waals surface area contributed by atoms with Crippen LogP contribution in [-0.2, 0) is 0 Å². The van der Waals surface area contributed by atoms with Gasteiger partial charge >= 0.3 is 0 Å². The lowest BCUT2D eigenvalue weighted by atomic mass is 9.77. The van der Waals surface area contributed by atoms with Crippen LogP contribution in [0, 0.1) is 18.8 Å². The maximum atomic E-state index is 6.40. The summed E-state index contributed by atoms with van der Waals surface area (Å²) in [5.74, 6) is 3.13. The summed E-state index contributed by atoms with van der Waals surface area (Å²) in [4.78, 5) is 18.3. The Morgan fingerprint density at radius 1 is 1.00 bits per heavy atom. The number of likely N-dealkylation sites (tertiary alicyclic amines) is 2. The van der Waals surface area contributed by atoms with Crippen LogP contribution in [0.5, 0.6) is 5.88 Å². The van der Waals surface area contributed by atoms with E-state index in [1.54, 1.807) is 18.6 Å². The first kappa shape index (κ1) is 19.0. The maximum absolute atomic E-state index is 6.40. The van der Waals surface area contributed by atoms with Crippen LogP contribution < -0.4 is 4.74 Å². The van der Waals surface area contributed by atoms with E-state index in [9.17, 15) is 0 Å². The standard InChI is InChI=1S/C22H32N6O/c1-16-24-7-10-28(16)20-11-17-14-27(19-3-8-26(2)9-4-19)15-18(17)12-21(20)29-22-13-23-5-6-25-22/h5-7,10,13,17-21H,3-4,8-9,11-12,14-15H2,1-2H3/t17-,18+,20-,21-/m0/s1. The highest BCUT2D eigenvalue weighted by Crippen LogP contribution is 2.44. The van der Waals surface area contributed by atoms with Crippen molar-refractivity contribution in [3.8, 4) is 5.88 Å². The van der Waals surface area contributed by atoms with Gasteiger partial charge in [-0.1, -0.05) is 0 Å². The number of aromatic nitrogens is 4. The normalized spacial score (nSPS) is 31.7. The summed E-state index contributed by atoms with van der Waals surface area (Å²) >= 11 is 0. The first-order valence-corrected chi connectivity index (χ1v) is 11.0. The topological polar surface area (TPSA) is 59.3 Å². The molecule has 0 N–H and O–H groups in total. The van der Waals surface area contributed by atoms with Gasteiger partial charge in [-0.3, -0.25) is 9.88 Å². The first-order chi connectivity index (χ1) is 14.2. The van der Waals surface area contributed by atoms with Crippen LogP contribution in [0.4, 0.5) is 0 Å². The minimum absolute atomic E-state index is 0.110. The van der Waals surface area contributed by atoms with Gasteiger partial charge in [-0.15, -0.1) is 0 Å². The molecule has 2 aromatic rings. The lowest BCUT2D eigenvalue weighted by Crippen LogP contribution is -2.42. The Morgan fingerprint density at radius 2 is 1.79 bits per heavy atom. The Balaban J connectivity index is 1.34. The largest absolute Gasteiger partial charge is 0.471 e. The molecule has 2 saturated heterocycles. The van der Waals surface area contributed by atoms with E-state index in [-0.39, 0.29) is 6.10 Å². The quantitative estimate of drug-likeness (QED) is 0.791. The van der Waals surface area contributed by atoms with E-state index < -0.39 is 0 Å². The second-order valence-electron chi connectivity index (χ2n) is 9.13. The Bertz CT molecular complexity index is 803. The van der Waals surface area contributed by atoms with Crippen LogP contribution in [0.3, 0.4) is 0 Å². The third kappa shape index (κ3) is 3.90. The van der Waals surface area contributed by atoms with Crippen molar-refractivity contribution in [1.29, 1.82) is 0 Å². The molecule has 3 aliphatic rings. The molecular formula is C22H32N6O. The third-order valence-corrected chi connectivity index (χ3v) is 7.35. The van der Waals surface area contributed by atoms with Crippen molar-refractivity contribution in [2.75, 3.05) is 33.2 Å². The zero-order chi connectivity index (χ0) is 19.8. The number of ether oxygens (including phenoxy) is 1. The summed E-state index contributed by atoms with van der Waals surface area (Å²) in [5.41, 5.74) is 0. The Labute approximate surface area is 173 Å². The van der Waals surface area contributed by atoms with E-state index in [2.05, 4.69) is 49.5 Å². The number of fused-ring (bicyclic) bond motifs is 1. The van der Waals surface area contributed by atoms with Gasteiger partial charge in [0.25, 0.3) is 0 Å². The molecule has 29 heavy (non-hydrogen) atoms. The molecule has 0 unspecified atom stereocenters. The summed E-state index contributed by atoms with van der Waals surface area (Å²) in [6, 6.07) is 1.06. The van der Waals surface area contributed by atoms with Crippen molar-refractivity contribution >= 4 is 0 Å². The number of rotatable bonds is 4. The van der Waals surface area contributed by atoms with Crippen molar-refractivity contribution in [2.24, 2.45) is 11.8 Å². The van der Waals surface area contributed by atoms with Gasteiger partial charge in [0.05, 0.1) is 12.2 Å². The predicted molar refractivity (Wildman–Crippen MR) is 111 cm³/mol. The van der Waals surface area contributed by atoms with Gasteiger partial charge in [-0.25, -0.2) is 9.97 Å². The summed E-state index contributed by atoms with van der Waals surface area (Å²) in [6.45, 7) is 7.00. The molecule has 0 amide bonds. The Morgan fingerprint density at radius 3 is 2.48 bits per heavy atom. The number of hydrogen-bond acceptors (Lipinski definition) is 6. The summed E-state index contributed by atoms with van der Waals surface area (Å²) < 4.78 is 8.72. The number of nitrogens with zero attached hydrogens (tertiary/aromatic N) is 6. The zero-order valence-corrected chi connectivity index (χ0v) is 17.5. The lowest BCUT2D eigenvalue weighted by molar-refractivity contribution is 0.0501. The molecule has 4 atom stereocenters. The average Bonchev–Trinajstić information content (AvgIpc) is 3.34. The van der Waals surface area contributed by atoms with Crippen molar-refractivity contribution in [2.45, 2.75) is 50.8 Å². The molecule has 2 aromatic heterocycles. The number of piperidine rings is 1. The van der Waals surface area contributed by atoms with E-state index >= 15 is 0 Å². The summed E-state index contributed by atoms with van der Waals surface area (Å²) in [6.07, 6.45) is 14.1. The van der Waals surface area contributed by atoms with Crippen LogP contribution >= 0.6 is 0 Å². The number of aryl methyl sites for hydroxylation is 1. The maximum Gasteiger partial charge on any atom is 0.232 e. The molecular weight excluding hydrogens is 364 g/mol. The van der Waals surface area contributed by atoms with Gasteiger partial charge in [-0.05, 0) is 64.6 Å². The summed E-state index contributed by atoms with van der Waals surface area (Å²) in [7, 11) is 2.24. The highest BCUT2D eigenvalue weighted by molar-refractivity contribution is 5.07. The van der Waals surface area contributed by atoms with Crippen molar-refractivity contribution < 1.29 is 4.74 Å². The van der Waals surface area contributed by atoms with Crippen molar-refractivity contribution in [3.05, 3.63) is 36.8 Å². The molecule has 7 heteroatoms. The van der Waals surface area contributed by atoms with Crippen molar-refractivity contribution in [1.82, 2.24) is 29.3 Å². The van der Waals surface area contributed by atoms with Crippen LogP contribution in [0.25, 0.3) is 0 Å². The number of imidazole rings is 1. The minimum atomic E-state index is 0.110. The molecule has 0 radical (unpaired) electrons. The molecule has 0 bridgehead atoms. The molecule has 5 rings (SSSR count). The first-order valence-electron chi connectivity index (χ1n) is 11.0. The van der Waals surface area contributed by atoms with Crippen LogP contribution in [0.2, 0.25) is 0 Å². The van der Waals surface area contributed by atoms with Crippen molar-refractivity contribution in [3.63, 3.8) is 0 Å². The highest BCUT2D eigenvalue weighted by atomic mass is 16.5. The number of hydrogen-bond donors (Lipinski definition) is 0. The second kappa shape index (κ2) is 8.03. The van der Waals surface area contributed by atoms with Gasteiger partial charge in [0.2, 0.25) is 5.88 Å². The van der Waals surface area contributed by atoms with Gasteiger partial charge < -0.3 is 14.2 Å². The Hall–Kier alpha value is -1.99. The van der Waals surface area contributed by atoms with Crippen LogP contribution in [0.1, 0.15) is 37.5 Å². The lowest BCUT2D eigenvalue weighted by Gasteiger charge is -2.38. The molecule has 7 nitrogen and oxygen atoms in total. The van der Waals surface area contributed by atoms with E-state index in [0.717, 1.165) is 30.6 Å². The van der Waals surface area contributed by atoms with E-state index in [4.69, 9.17) is 4.74 Å². The molecule has 1 saturated carbocycles.